The summed E-state index contributed by atoms with van der Waals surface area (Å²) in [6.07, 6.45) is 0.250. The summed E-state index contributed by atoms with van der Waals surface area (Å²) in [6.45, 7) is 0. The maximum atomic E-state index is 10.0. The van der Waals surface area contributed by atoms with Crippen LogP contribution in [0, 0.1) is 0 Å². The molecule has 0 fully saturated rings. The fraction of sp³-hybridized carbons (Fsp3) is 0.333. The number of rotatable bonds is 1. The van der Waals surface area contributed by atoms with Gasteiger partial charge in [-0.2, -0.15) is 9.59 Å². The molecule has 0 atom stereocenters. The number of nitrogens with two attached hydrogens (primary N) is 1. The van der Waals surface area contributed by atoms with Gasteiger partial charge in [0.2, 0.25) is 0 Å². The minimum atomic E-state index is -4.24. The van der Waals surface area contributed by atoms with Crippen molar-refractivity contribution in [1.82, 2.24) is 5.09 Å². The van der Waals surface area contributed by atoms with E-state index in [2.05, 4.69) is 4.99 Å². The van der Waals surface area contributed by atoms with Gasteiger partial charge >= 0.3 is 13.9 Å². The van der Waals surface area contributed by atoms with Gasteiger partial charge in [0.15, 0.2) is 5.96 Å². The van der Waals surface area contributed by atoms with Crippen LogP contribution in [-0.2, 0) is 14.2 Å². The molecule has 0 aromatic carbocycles. The molecule has 0 saturated carbocycles. The first kappa shape index (κ1) is 13.4. The number of carbonyl (C=O) groups excluding carboxylic acids is 2. The Morgan fingerprint density at radius 1 is 1.58 bits per heavy atom. The standard InChI is InChI=1S/C2H8N3O3P.CO2/c1-4-2(3)5-9(6,7)8;2-1-3/h1H3,(H5,3,4,5,6,7,8);. The third kappa shape index (κ3) is 15.9. The second-order valence-electron chi connectivity index (χ2n) is 1.35. The highest BCUT2D eigenvalue weighted by molar-refractivity contribution is 7.50. The molecule has 0 aliphatic rings. The molecule has 70 valence electrons. The third-order valence-electron chi connectivity index (χ3n) is 0.501. The molecule has 0 radical (unpaired) electrons. The lowest BCUT2D eigenvalue weighted by Gasteiger charge is -2.03. The molecule has 0 heterocycles. The van der Waals surface area contributed by atoms with Gasteiger partial charge in [-0.25, -0.2) is 4.57 Å². The zero-order valence-electron chi connectivity index (χ0n) is 6.09. The van der Waals surface area contributed by atoms with Crippen molar-refractivity contribution in [3.8, 4) is 0 Å². The van der Waals surface area contributed by atoms with E-state index < -0.39 is 7.75 Å². The molecule has 0 unspecified atom stereocenters. The maximum Gasteiger partial charge on any atom is 0.429 e. The van der Waals surface area contributed by atoms with Gasteiger partial charge in [0, 0.05) is 7.05 Å². The molecule has 0 aliphatic carbocycles. The van der Waals surface area contributed by atoms with Crippen molar-refractivity contribution in [2.75, 3.05) is 7.05 Å². The first-order valence-corrected chi connectivity index (χ1v) is 4.04. The van der Waals surface area contributed by atoms with Crippen LogP contribution in [0.25, 0.3) is 0 Å². The van der Waals surface area contributed by atoms with Crippen molar-refractivity contribution < 1.29 is 23.9 Å². The zero-order valence-corrected chi connectivity index (χ0v) is 6.99. The molecule has 0 saturated heterocycles. The largest absolute Gasteiger partial charge is 0.429 e. The molecule has 0 aromatic heterocycles. The summed E-state index contributed by atoms with van der Waals surface area (Å²) in [5.74, 6) is -0.275. The van der Waals surface area contributed by atoms with Crippen LogP contribution in [0.2, 0.25) is 0 Å². The predicted octanol–water partition coefficient (Wildman–Crippen LogP) is -1.97. The van der Waals surface area contributed by atoms with E-state index in [0.717, 1.165) is 0 Å². The highest BCUT2D eigenvalue weighted by Crippen LogP contribution is 2.26. The molecule has 12 heavy (non-hydrogen) atoms. The normalized spacial score (nSPS) is 10.8. The monoisotopic (exact) mass is 197 g/mol. The highest BCUT2D eigenvalue weighted by Gasteiger charge is 2.11. The summed E-state index contributed by atoms with van der Waals surface area (Å²) in [4.78, 5) is 35.8. The van der Waals surface area contributed by atoms with Gasteiger partial charge in [-0.3, -0.25) is 10.1 Å². The number of nitrogens with zero attached hydrogens (tertiary/aromatic N) is 1. The molecule has 9 heteroatoms. The molecular formula is C3H8N3O5P. The Balaban J connectivity index is 0. The SMILES string of the molecule is CN=C(N)NP(=O)(O)O.O=C=O. The van der Waals surface area contributed by atoms with Crippen molar-refractivity contribution in [2.24, 2.45) is 10.7 Å². The minimum Gasteiger partial charge on any atom is -0.370 e. The lowest BCUT2D eigenvalue weighted by molar-refractivity contribution is -0.191. The van der Waals surface area contributed by atoms with E-state index in [1.165, 1.54) is 7.05 Å². The first-order chi connectivity index (χ1) is 5.37. The maximum absolute atomic E-state index is 10.0. The average Bonchev–Trinajstić information content (AvgIpc) is 1.86. The van der Waals surface area contributed by atoms with E-state index in [4.69, 9.17) is 25.1 Å². The van der Waals surface area contributed by atoms with Crippen molar-refractivity contribution in [3.05, 3.63) is 0 Å². The number of nitrogens with one attached hydrogen (secondary N) is 1. The van der Waals surface area contributed by atoms with Gasteiger partial charge in [0.05, 0.1) is 0 Å². The van der Waals surface area contributed by atoms with Gasteiger partial charge in [-0.15, -0.1) is 0 Å². The number of hydrogen-bond acceptors (Lipinski definition) is 4. The minimum absolute atomic E-state index is 0.250. The molecule has 0 rings (SSSR count). The summed E-state index contributed by atoms with van der Waals surface area (Å²) in [5, 5.41) is 1.66. The second-order valence-corrected chi connectivity index (χ2v) is 2.66. The van der Waals surface area contributed by atoms with Crippen LogP contribution in [-0.4, -0.2) is 28.9 Å². The van der Waals surface area contributed by atoms with Crippen LogP contribution in [0.15, 0.2) is 4.99 Å². The van der Waals surface area contributed by atoms with Crippen LogP contribution in [0.3, 0.4) is 0 Å². The van der Waals surface area contributed by atoms with Crippen LogP contribution in [0.5, 0.6) is 0 Å². The Morgan fingerprint density at radius 3 is 2.00 bits per heavy atom. The van der Waals surface area contributed by atoms with E-state index in [9.17, 15) is 4.57 Å². The Kier molecular flexibility index (Phi) is 7.26. The molecular weight excluding hydrogens is 189 g/mol. The lowest BCUT2D eigenvalue weighted by atomic mass is 11.1. The van der Waals surface area contributed by atoms with Gasteiger partial charge in [-0.05, 0) is 0 Å². The summed E-state index contributed by atoms with van der Waals surface area (Å²) < 4.78 is 10.0. The topological polar surface area (TPSA) is 142 Å². The third-order valence-corrected chi connectivity index (χ3v) is 1.02. The van der Waals surface area contributed by atoms with E-state index >= 15 is 0 Å². The quantitative estimate of drug-likeness (QED) is 0.217. The molecule has 0 aromatic rings. The predicted molar refractivity (Wildman–Crippen MR) is 37.7 cm³/mol. The highest BCUT2D eigenvalue weighted by atomic mass is 31.2. The van der Waals surface area contributed by atoms with Crippen molar-refractivity contribution >= 4 is 19.9 Å². The van der Waals surface area contributed by atoms with Crippen LogP contribution in [0.4, 0.5) is 0 Å². The molecule has 8 nitrogen and oxygen atoms in total. The zero-order chi connectivity index (χ0) is 10.2. The summed E-state index contributed by atoms with van der Waals surface area (Å²) in [6, 6.07) is 0. The Hall–Kier alpha value is -1.20. The van der Waals surface area contributed by atoms with Crippen molar-refractivity contribution in [1.29, 1.82) is 0 Å². The van der Waals surface area contributed by atoms with E-state index in [0.29, 0.717) is 0 Å². The van der Waals surface area contributed by atoms with E-state index in [1.807, 2.05) is 0 Å². The fourth-order valence-corrected chi connectivity index (χ4v) is 0.598. The van der Waals surface area contributed by atoms with Crippen LogP contribution >= 0.6 is 7.75 Å². The first-order valence-electron chi connectivity index (χ1n) is 2.42. The summed E-state index contributed by atoms with van der Waals surface area (Å²) >= 11 is 0. The van der Waals surface area contributed by atoms with E-state index in [1.54, 1.807) is 5.09 Å². The second kappa shape index (κ2) is 6.51. The lowest BCUT2D eigenvalue weighted by Crippen LogP contribution is -2.28. The number of hydrogen-bond donors (Lipinski definition) is 4. The smallest absolute Gasteiger partial charge is 0.370 e. The molecule has 0 bridgehead atoms. The van der Waals surface area contributed by atoms with Crippen LogP contribution < -0.4 is 10.8 Å². The van der Waals surface area contributed by atoms with Gasteiger partial charge < -0.3 is 15.5 Å². The molecule has 0 aliphatic heterocycles. The van der Waals surface area contributed by atoms with Gasteiger partial charge in [0.25, 0.3) is 0 Å². The van der Waals surface area contributed by atoms with Crippen molar-refractivity contribution in [2.45, 2.75) is 0 Å². The van der Waals surface area contributed by atoms with Crippen LogP contribution in [0.1, 0.15) is 0 Å². The number of aliphatic imine (C=N–C) groups is 1. The Labute approximate surface area is 67.7 Å². The average molecular weight is 197 g/mol. The summed E-state index contributed by atoms with van der Waals surface area (Å²) in [7, 11) is -2.93. The van der Waals surface area contributed by atoms with Gasteiger partial charge in [0.1, 0.15) is 0 Å². The number of guanidine groups is 1. The van der Waals surface area contributed by atoms with Crippen molar-refractivity contribution in [3.63, 3.8) is 0 Å². The molecule has 5 N–H and O–H groups in total. The van der Waals surface area contributed by atoms with E-state index in [-0.39, 0.29) is 12.1 Å². The Morgan fingerprint density at radius 2 is 1.92 bits per heavy atom. The molecule has 0 amide bonds. The fourth-order valence-electron chi connectivity index (χ4n) is 0.199. The molecule has 0 spiro atoms. The summed E-state index contributed by atoms with van der Waals surface area (Å²) in [5.41, 5.74) is 4.91. The van der Waals surface area contributed by atoms with Gasteiger partial charge in [-0.1, -0.05) is 0 Å². The Bertz CT molecular complexity index is 226.